The van der Waals surface area contributed by atoms with Crippen LogP contribution in [0.15, 0.2) is 54.6 Å². The molecule has 1 amide bonds. The van der Waals surface area contributed by atoms with Gasteiger partial charge in [-0.1, -0.05) is 54.6 Å². The van der Waals surface area contributed by atoms with Crippen molar-refractivity contribution >= 4 is 18.2 Å². The molecule has 0 radical (unpaired) electrons. The van der Waals surface area contributed by atoms with Gasteiger partial charge in [0.05, 0.1) is 12.5 Å². The van der Waals surface area contributed by atoms with E-state index in [1.165, 1.54) is 62.5 Å². The van der Waals surface area contributed by atoms with Crippen LogP contribution >= 0.6 is 0 Å². The number of carboxylic acid groups (broad SMARTS) is 1. The first kappa shape index (κ1) is 29.2. The molecule has 2 N–H and O–H groups in total. The van der Waals surface area contributed by atoms with Crippen LogP contribution in [0.2, 0.25) is 0 Å². The van der Waals surface area contributed by atoms with Crippen LogP contribution in [0.3, 0.4) is 0 Å². The Balaban J connectivity index is 0.000000211. The van der Waals surface area contributed by atoms with Crippen molar-refractivity contribution in [3.8, 4) is 0 Å². The topological polar surface area (TPSA) is 98.1 Å². The maximum Gasteiger partial charge on any atom is 0.303 e. The van der Waals surface area contributed by atoms with Crippen LogP contribution in [0.25, 0.3) is 0 Å². The van der Waals surface area contributed by atoms with Gasteiger partial charge in [-0.25, -0.2) is 0 Å². The zero-order valence-corrected chi connectivity index (χ0v) is 21.5. The Morgan fingerprint density at radius 2 is 1.47 bits per heavy atom. The molecule has 7 nitrogen and oxygen atoms in total. The summed E-state index contributed by atoms with van der Waals surface area (Å²) in [6.07, 6.45) is 6.47. The van der Waals surface area contributed by atoms with Crippen molar-refractivity contribution in [3.63, 3.8) is 0 Å². The minimum absolute atomic E-state index is 0.0463. The fourth-order valence-electron chi connectivity index (χ4n) is 4.85. The number of aliphatic hydroxyl groups is 1. The molecule has 1 unspecified atom stereocenters. The second kappa shape index (κ2) is 15.9. The number of aliphatic hydroxyl groups excluding tert-OH is 1. The second-order valence-corrected chi connectivity index (χ2v) is 9.27. The van der Waals surface area contributed by atoms with Crippen LogP contribution in [-0.2, 0) is 20.8 Å². The van der Waals surface area contributed by atoms with E-state index in [9.17, 15) is 14.4 Å². The molecule has 2 bridgehead atoms. The molecule has 196 valence electrons. The standard InChI is InChI=1S/C16H15NO.C7H13N.C5H8O3.CH4O/c18-12-17-11-10-13-6-4-5-9-15(13)16(17)14-7-2-1-3-8-14;1-4-8-5-2-7(1)3-6-8;1-4(6)2-3-5(7)8;1-2/h1-9,12,16H,10-11H2;7H,1-6H2;2-3H2,1H3,(H,7,8);2H,1H3. The number of fused-ring (bicyclic) bond motifs is 4. The molecule has 36 heavy (non-hydrogen) atoms. The molecule has 1 atom stereocenters. The molecule has 3 fully saturated rings. The van der Waals surface area contributed by atoms with Gasteiger partial charge in [-0.05, 0) is 74.8 Å². The molecular formula is C29H40N2O5. The van der Waals surface area contributed by atoms with E-state index in [0.717, 1.165) is 32.4 Å². The Morgan fingerprint density at radius 3 is 1.92 bits per heavy atom. The quantitative estimate of drug-likeness (QED) is 0.609. The van der Waals surface area contributed by atoms with Gasteiger partial charge in [0, 0.05) is 20.1 Å². The molecule has 4 heterocycles. The summed E-state index contributed by atoms with van der Waals surface area (Å²) < 4.78 is 0. The lowest BCUT2D eigenvalue weighted by Gasteiger charge is -2.38. The fourth-order valence-corrected chi connectivity index (χ4v) is 4.85. The van der Waals surface area contributed by atoms with E-state index in [4.69, 9.17) is 10.2 Å². The van der Waals surface area contributed by atoms with Crippen molar-refractivity contribution in [2.75, 3.05) is 33.3 Å². The number of hydrogen-bond acceptors (Lipinski definition) is 5. The van der Waals surface area contributed by atoms with Gasteiger partial charge in [-0.3, -0.25) is 9.59 Å². The van der Waals surface area contributed by atoms with Gasteiger partial charge in [-0.2, -0.15) is 0 Å². The van der Waals surface area contributed by atoms with Crippen molar-refractivity contribution in [1.82, 2.24) is 9.80 Å². The van der Waals surface area contributed by atoms with Crippen LogP contribution in [0, 0.1) is 5.92 Å². The van der Waals surface area contributed by atoms with E-state index < -0.39 is 5.97 Å². The lowest BCUT2D eigenvalue weighted by Crippen LogP contribution is -2.41. The minimum Gasteiger partial charge on any atom is -0.481 e. The molecule has 6 rings (SSSR count). The number of hydrogen-bond donors (Lipinski definition) is 2. The number of rotatable bonds is 5. The molecule has 4 aliphatic heterocycles. The third kappa shape index (κ3) is 9.21. The van der Waals surface area contributed by atoms with Crippen molar-refractivity contribution in [3.05, 3.63) is 71.3 Å². The van der Waals surface area contributed by atoms with Crippen molar-refractivity contribution in [2.45, 2.75) is 51.5 Å². The summed E-state index contributed by atoms with van der Waals surface area (Å²) in [5.74, 6) is 0.118. The number of piperidine rings is 3. The van der Waals surface area contributed by atoms with Gasteiger partial charge in [0.25, 0.3) is 0 Å². The van der Waals surface area contributed by atoms with Gasteiger partial charge in [0.1, 0.15) is 5.78 Å². The highest BCUT2D eigenvalue weighted by Crippen LogP contribution is 2.33. The number of aliphatic carboxylic acids is 1. The first-order valence-corrected chi connectivity index (χ1v) is 12.7. The number of Topliss-reactive ketones (excluding diaryl/α,β-unsaturated/α-hetero) is 1. The number of carbonyl (C=O) groups excluding carboxylic acids is 2. The number of carboxylic acids is 1. The summed E-state index contributed by atoms with van der Waals surface area (Å²) in [5, 5.41) is 15.0. The maximum atomic E-state index is 11.3. The average Bonchev–Trinajstić information content (AvgIpc) is 2.94. The summed E-state index contributed by atoms with van der Waals surface area (Å²) >= 11 is 0. The zero-order valence-electron chi connectivity index (χ0n) is 21.5. The summed E-state index contributed by atoms with van der Waals surface area (Å²) in [4.78, 5) is 35.6. The Hall–Kier alpha value is -3.03. The highest BCUT2D eigenvalue weighted by molar-refractivity contribution is 5.80. The minimum atomic E-state index is -0.916. The van der Waals surface area contributed by atoms with Crippen molar-refractivity contribution in [1.29, 1.82) is 0 Å². The van der Waals surface area contributed by atoms with Crippen molar-refractivity contribution < 1.29 is 24.6 Å². The van der Waals surface area contributed by atoms with E-state index in [1.807, 2.05) is 29.2 Å². The van der Waals surface area contributed by atoms with Crippen LogP contribution in [0.4, 0.5) is 0 Å². The SMILES string of the molecule is C1CN2CCC1CC2.CC(=O)CCC(=O)O.CO.O=CN1CCc2ccccc2C1c1ccccc1. The molecule has 2 aromatic carbocycles. The number of carbonyl (C=O) groups is 3. The molecular weight excluding hydrogens is 456 g/mol. The molecule has 0 spiro atoms. The number of ketones is 1. The highest BCUT2D eigenvalue weighted by Gasteiger charge is 2.27. The van der Waals surface area contributed by atoms with Crippen molar-refractivity contribution in [2.24, 2.45) is 5.92 Å². The number of benzene rings is 2. The van der Waals surface area contributed by atoms with Crippen LogP contribution in [0.1, 0.15) is 61.8 Å². The third-order valence-corrected chi connectivity index (χ3v) is 6.82. The van der Waals surface area contributed by atoms with E-state index >= 15 is 0 Å². The van der Waals surface area contributed by atoms with Gasteiger partial charge in [0.15, 0.2) is 0 Å². The summed E-state index contributed by atoms with van der Waals surface area (Å²) in [7, 11) is 1.00. The summed E-state index contributed by atoms with van der Waals surface area (Å²) in [6.45, 7) is 6.35. The van der Waals surface area contributed by atoms with Gasteiger partial charge < -0.3 is 24.8 Å². The van der Waals surface area contributed by atoms with E-state index in [-0.39, 0.29) is 24.7 Å². The van der Waals surface area contributed by atoms with E-state index in [1.54, 1.807) is 0 Å². The monoisotopic (exact) mass is 496 g/mol. The first-order chi connectivity index (χ1) is 17.5. The molecule has 2 aromatic rings. The van der Waals surface area contributed by atoms with E-state index in [0.29, 0.717) is 0 Å². The predicted molar refractivity (Wildman–Crippen MR) is 141 cm³/mol. The van der Waals surface area contributed by atoms with Gasteiger partial charge in [0.2, 0.25) is 6.41 Å². The van der Waals surface area contributed by atoms with Gasteiger partial charge in [-0.15, -0.1) is 0 Å². The Bertz CT molecular complexity index is 905. The normalized spacial score (nSPS) is 21.2. The second-order valence-electron chi connectivity index (χ2n) is 9.27. The molecule has 4 aliphatic rings. The molecule has 3 saturated heterocycles. The Labute approximate surface area is 214 Å². The molecule has 0 saturated carbocycles. The van der Waals surface area contributed by atoms with E-state index in [2.05, 4.69) is 35.2 Å². The van der Waals surface area contributed by atoms with Crippen LogP contribution < -0.4 is 0 Å². The Morgan fingerprint density at radius 1 is 0.889 bits per heavy atom. The zero-order chi connectivity index (χ0) is 26.3. The average molecular weight is 497 g/mol. The highest BCUT2D eigenvalue weighted by atomic mass is 16.4. The predicted octanol–water partition coefficient (Wildman–Crippen LogP) is 3.94. The fraction of sp³-hybridized carbons (Fsp3) is 0.483. The maximum absolute atomic E-state index is 11.3. The molecule has 0 aliphatic carbocycles. The van der Waals surface area contributed by atoms with Crippen LogP contribution in [0.5, 0.6) is 0 Å². The van der Waals surface area contributed by atoms with Crippen LogP contribution in [-0.4, -0.2) is 71.5 Å². The largest absolute Gasteiger partial charge is 0.481 e. The first-order valence-electron chi connectivity index (χ1n) is 12.7. The summed E-state index contributed by atoms with van der Waals surface area (Å²) in [5.41, 5.74) is 3.78. The lowest BCUT2D eigenvalue weighted by atomic mass is 9.89. The molecule has 7 heteroatoms. The third-order valence-electron chi connectivity index (χ3n) is 6.82. The number of nitrogens with zero attached hydrogens (tertiary/aromatic N) is 2. The lowest BCUT2D eigenvalue weighted by molar-refractivity contribution is -0.138. The molecule has 0 aromatic heterocycles. The number of amides is 1. The van der Waals surface area contributed by atoms with Gasteiger partial charge >= 0.3 is 5.97 Å². The smallest absolute Gasteiger partial charge is 0.303 e. The summed E-state index contributed by atoms with van der Waals surface area (Å²) in [6, 6.07) is 18.7. The Kier molecular flexibility index (Phi) is 12.9.